The predicted molar refractivity (Wildman–Crippen MR) is 89.5 cm³/mol. The van der Waals surface area contributed by atoms with Crippen molar-refractivity contribution in [1.29, 1.82) is 0 Å². The fraction of sp³-hybridized carbons (Fsp3) is 0.294. The van der Waals surface area contributed by atoms with Gasteiger partial charge in [0, 0.05) is 25.7 Å². The summed E-state index contributed by atoms with van der Waals surface area (Å²) in [5, 5.41) is 0. The van der Waals surface area contributed by atoms with Gasteiger partial charge in [0.25, 0.3) is 0 Å². The van der Waals surface area contributed by atoms with Crippen molar-refractivity contribution in [2.45, 2.75) is 31.3 Å². The second-order valence-electron chi connectivity index (χ2n) is 5.82. The van der Waals surface area contributed by atoms with E-state index in [1.54, 1.807) is 29.3 Å². The van der Waals surface area contributed by atoms with Gasteiger partial charge in [0.15, 0.2) is 0 Å². The van der Waals surface area contributed by atoms with Crippen LogP contribution in [0, 0.1) is 6.92 Å². The molecule has 24 heavy (non-hydrogen) atoms. The third kappa shape index (κ3) is 3.63. The number of pyridine rings is 1. The van der Waals surface area contributed by atoms with Crippen LogP contribution in [0.1, 0.15) is 23.2 Å². The molecule has 0 radical (unpaired) electrons. The first kappa shape index (κ1) is 16.6. The lowest BCUT2D eigenvalue weighted by atomic mass is 10.2. The minimum Gasteiger partial charge on any atom is -0.332 e. The molecule has 1 aliphatic rings. The van der Waals surface area contributed by atoms with Gasteiger partial charge in [-0.3, -0.25) is 9.78 Å². The highest BCUT2D eigenvalue weighted by atomic mass is 32.2. The molecule has 2 heterocycles. The number of sulfonamides is 1. The Morgan fingerprint density at radius 1 is 1.25 bits per heavy atom. The SMILES string of the molecule is Cc1cccc(S(=O)(=O)NCCC(=O)N2Cc3cccnc3C2)c1. The van der Waals surface area contributed by atoms with Crippen molar-refractivity contribution < 1.29 is 13.2 Å². The molecule has 0 bridgehead atoms. The zero-order valence-electron chi connectivity index (χ0n) is 13.4. The maximum absolute atomic E-state index is 12.3. The topological polar surface area (TPSA) is 79.4 Å². The van der Waals surface area contributed by atoms with Crippen LogP contribution in [0.25, 0.3) is 0 Å². The summed E-state index contributed by atoms with van der Waals surface area (Å²) in [4.78, 5) is 18.4. The lowest BCUT2D eigenvalue weighted by Gasteiger charge is -2.15. The van der Waals surface area contributed by atoms with E-state index in [2.05, 4.69) is 9.71 Å². The third-order valence-corrected chi connectivity index (χ3v) is 5.43. The van der Waals surface area contributed by atoms with Gasteiger partial charge in [-0.05, 0) is 36.2 Å². The zero-order valence-corrected chi connectivity index (χ0v) is 14.2. The van der Waals surface area contributed by atoms with E-state index >= 15 is 0 Å². The highest BCUT2D eigenvalue weighted by Crippen LogP contribution is 2.20. The summed E-state index contributed by atoms with van der Waals surface area (Å²) in [5.41, 5.74) is 2.83. The van der Waals surface area contributed by atoms with Crippen LogP contribution in [0.3, 0.4) is 0 Å². The average Bonchev–Trinajstić information content (AvgIpc) is 2.99. The van der Waals surface area contributed by atoms with E-state index < -0.39 is 10.0 Å². The highest BCUT2D eigenvalue weighted by molar-refractivity contribution is 7.89. The van der Waals surface area contributed by atoms with Crippen LogP contribution in [0.5, 0.6) is 0 Å². The Kier molecular flexibility index (Phi) is 4.64. The summed E-state index contributed by atoms with van der Waals surface area (Å²) in [6.45, 7) is 2.93. The van der Waals surface area contributed by atoms with Crippen LogP contribution < -0.4 is 4.72 Å². The van der Waals surface area contributed by atoms with Gasteiger partial charge in [-0.1, -0.05) is 18.2 Å². The summed E-state index contributed by atoms with van der Waals surface area (Å²) in [7, 11) is -3.59. The summed E-state index contributed by atoms with van der Waals surface area (Å²) in [6.07, 6.45) is 1.84. The van der Waals surface area contributed by atoms with Crippen LogP contribution in [0.2, 0.25) is 0 Å². The van der Waals surface area contributed by atoms with Gasteiger partial charge in [-0.15, -0.1) is 0 Å². The van der Waals surface area contributed by atoms with Crippen LogP contribution in [0.15, 0.2) is 47.5 Å². The first-order chi connectivity index (χ1) is 11.5. The van der Waals surface area contributed by atoms with Crippen molar-refractivity contribution in [2.24, 2.45) is 0 Å². The molecule has 0 saturated carbocycles. The van der Waals surface area contributed by atoms with Crippen molar-refractivity contribution >= 4 is 15.9 Å². The molecule has 0 atom stereocenters. The summed E-state index contributed by atoms with van der Waals surface area (Å²) in [6, 6.07) is 10.5. The van der Waals surface area contributed by atoms with Crippen LogP contribution in [-0.2, 0) is 27.9 Å². The van der Waals surface area contributed by atoms with Gasteiger partial charge >= 0.3 is 0 Å². The number of carbonyl (C=O) groups is 1. The lowest BCUT2D eigenvalue weighted by molar-refractivity contribution is -0.131. The molecule has 1 aromatic carbocycles. The van der Waals surface area contributed by atoms with E-state index in [0.29, 0.717) is 13.1 Å². The lowest BCUT2D eigenvalue weighted by Crippen LogP contribution is -2.31. The van der Waals surface area contributed by atoms with E-state index in [9.17, 15) is 13.2 Å². The number of aryl methyl sites for hydroxylation is 1. The number of aromatic nitrogens is 1. The molecule has 0 aliphatic carbocycles. The molecule has 0 fully saturated rings. The smallest absolute Gasteiger partial charge is 0.240 e. The first-order valence-corrected chi connectivity index (χ1v) is 9.21. The van der Waals surface area contributed by atoms with Crippen LogP contribution in [0.4, 0.5) is 0 Å². The number of benzene rings is 1. The molecule has 3 rings (SSSR count). The molecule has 126 valence electrons. The number of hydrogen-bond donors (Lipinski definition) is 1. The molecule has 1 amide bonds. The Morgan fingerprint density at radius 2 is 2.08 bits per heavy atom. The summed E-state index contributed by atoms with van der Waals surface area (Å²) < 4.78 is 26.9. The maximum atomic E-state index is 12.3. The molecule has 1 aliphatic heterocycles. The molecule has 2 aromatic rings. The number of nitrogens with zero attached hydrogens (tertiary/aromatic N) is 2. The van der Waals surface area contributed by atoms with Crippen molar-refractivity contribution in [3.8, 4) is 0 Å². The quantitative estimate of drug-likeness (QED) is 0.893. The van der Waals surface area contributed by atoms with Gasteiger partial charge in [-0.2, -0.15) is 0 Å². The monoisotopic (exact) mass is 345 g/mol. The molecule has 7 heteroatoms. The Morgan fingerprint density at radius 3 is 2.83 bits per heavy atom. The molecular weight excluding hydrogens is 326 g/mol. The molecule has 6 nitrogen and oxygen atoms in total. The van der Waals surface area contributed by atoms with Gasteiger partial charge in [0.2, 0.25) is 15.9 Å². The minimum atomic E-state index is -3.59. The third-order valence-electron chi connectivity index (χ3n) is 3.97. The van der Waals surface area contributed by atoms with Gasteiger partial charge in [0.1, 0.15) is 0 Å². The van der Waals surface area contributed by atoms with Gasteiger partial charge < -0.3 is 4.90 Å². The van der Waals surface area contributed by atoms with Crippen molar-refractivity contribution in [3.63, 3.8) is 0 Å². The van der Waals surface area contributed by atoms with E-state index in [1.807, 2.05) is 25.1 Å². The molecule has 0 saturated heterocycles. The van der Waals surface area contributed by atoms with E-state index in [0.717, 1.165) is 16.8 Å². The Bertz CT molecular complexity index is 840. The standard InChI is InChI=1S/C17H19N3O3S/c1-13-4-2-6-15(10-13)24(22,23)19-9-7-17(21)20-11-14-5-3-8-18-16(14)12-20/h2-6,8,10,19H,7,9,11-12H2,1H3. The van der Waals surface area contributed by atoms with Crippen molar-refractivity contribution in [1.82, 2.24) is 14.6 Å². The van der Waals surface area contributed by atoms with E-state index in [-0.39, 0.29) is 23.8 Å². The second kappa shape index (κ2) is 6.70. The summed E-state index contributed by atoms with van der Waals surface area (Å²) >= 11 is 0. The second-order valence-corrected chi connectivity index (χ2v) is 7.59. The van der Waals surface area contributed by atoms with Gasteiger partial charge in [0.05, 0.1) is 17.1 Å². The zero-order chi connectivity index (χ0) is 17.2. The number of hydrogen-bond acceptors (Lipinski definition) is 4. The average molecular weight is 345 g/mol. The van der Waals surface area contributed by atoms with Crippen LogP contribution in [-0.4, -0.2) is 30.8 Å². The minimum absolute atomic E-state index is 0.0788. The Hall–Kier alpha value is -2.25. The number of nitrogens with one attached hydrogen (secondary N) is 1. The maximum Gasteiger partial charge on any atom is 0.240 e. The molecule has 1 aromatic heterocycles. The van der Waals surface area contributed by atoms with Crippen molar-refractivity contribution in [2.75, 3.05) is 6.54 Å². The number of carbonyl (C=O) groups excluding carboxylic acids is 1. The van der Waals surface area contributed by atoms with Gasteiger partial charge in [-0.25, -0.2) is 13.1 Å². The van der Waals surface area contributed by atoms with E-state index in [4.69, 9.17) is 0 Å². The van der Waals surface area contributed by atoms with E-state index in [1.165, 1.54) is 0 Å². The van der Waals surface area contributed by atoms with Crippen molar-refractivity contribution in [3.05, 3.63) is 59.4 Å². The Balaban J connectivity index is 1.54. The normalized spacial score (nSPS) is 13.8. The fourth-order valence-electron chi connectivity index (χ4n) is 2.69. The predicted octanol–water partition coefficient (Wildman–Crippen LogP) is 1.60. The van der Waals surface area contributed by atoms with Crippen LogP contribution >= 0.6 is 0 Å². The molecule has 0 unspecified atom stereocenters. The summed E-state index contributed by atoms with van der Waals surface area (Å²) in [5.74, 6) is -0.0834. The molecular formula is C17H19N3O3S. The molecule has 0 spiro atoms. The highest BCUT2D eigenvalue weighted by Gasteiger charge is 2.24. The Labute approximate surface area is 141 Å². The molecule has 1 N–H and O–H groups in total. The fourth-order valence-corrected chi connectivity index (χ4v) is 3.83. The number of fused-ring (bicyclic) bond motifs is 1. The largest absolute Gasteiger partial charge is 0.332 e. The number of rotatable bonds is 5. The number of amides is 1. The first-order valence-electron chi connectivity index (χ1n) is 7.72.